The van der Waals surface area contributed by atoms with E-state index in [0.717, 1.165) is 51.4 Å². The number of methoxy groups -OCH3 is 1. The fraction of sp³-hybridized carbons (Fsp3) is 0.812. The van der Waals surface area contributed by atoms with Crippen molar-refractivity contribution in [2.75, 3.05) is 39.9 Å². The summed E-state index contributed by atoms with van der Waals surface area (Å²) in [5.74, 6) is 1.35. The molecule has 0 bridgehead atoms. The lowest BCUT2D eigenvalue weighted by Gasteiger charge is -2.44. The average molecular weight is 321 g/mol. The first-order chi connectivity index (χ1) is 11.0. The van der Waals surface area contributed by atoms with Gasteiger partial charge in [0.25, 0.3) is 0 Å². The van der Waals surface area contributed by atoms with Crippen molar-refractivity contribution in [3.63, 3.8) is 0 Å². The topological polar surface area (TPSA) is 63.5 Å². The normalized spacial score (nSPS) is 22.9. The van der Waals surface area contributed by atoms with Crippen molar-refractivity contribution in [1.29, 1.82) is 0 Å². The summed E-state index contributed by atoms with van der Waals surface area (Å²) in [5, 5.41) is 8.02. The van der Waals surface area contributed by atoms with Gasteiger partial charge < -0.3 is 14.2 Å². The number of fused-ring (bicyclic) bond motifs is 1. The number of carbonyl (C=O) groups excluding carboxylic acids is 1. The molecule has 1 fully saturated rings. The molecular weight excluding hydrogens is 294 g/mol. The number of hydrogen-bond donors (Lipinski definition) is 0. The Morgan fingerprint density at radius 2 is 2.09 bits per heavy atom. The zero-order chi connectivity index (χ0) is 16.4. The Hall–Kier alpha value is -1.47. The minimum atomic E-state index is 0.0199. The molecule has 1 aromatic rings. The van der Waals surface area contributed by atoms with Gasteiger partial charge in [0.1, 0.15) is 12.2 Å². The van der Waals surface area contributed by atoms with Crippen LogP contribution in [0.1, 0.15) is 26.1 Å². The number of carbonyl (C=O) groups is 1. The van der Waals surface area contributed by atoms with Crippen molar-refractivity contribution in [3.05, 3.63) is 12.2 Å². The van der Waals surface area contributed by atoms with Crippen LogP contribution in [-0.2, 0) is 22.5 Å². The zero-order valence-electron chi connectivity index (χ0n) is 14.4. The monoisotopic (exact) mass is 321 g/mol. The Kier molecular flexibility index (Phi) is 4.68. The highest BCUT2D eigenvalue weighted by molar-refractivity contribution is 5.79. The maximum atomic E-state index is 12.8. The van der Waals surface area contributed by atoms with Crippen molar-refractivity contribution in [3.8, 4) is 0 Å². The van der Waals surface area contributed by atoms with Gasteiger partial charge in [-0.25, -0.2) is 0 Å². The van der Waals surface area contributed by atoms with E-state index in [4.69, 9.17) is 4.74 Å². The molecule has 3 heterocycles. The van der Waals surface area contributed by atoms with Crippen molar-refractivity contribution < 1.29 is 9.53 Å². The van der Waals surface area contributed by atoms with E-state index >= 15 is 0 Å². The standard InChI is InChI=1S/C16H27N5O2/c1-16(2,11-23-3)21-8-6-19(7-9-21)15(22)13-4-5-14-18-17-12-20(14)10-13/h12-13H,4-11H2,1-3H3. The summed E-state index contributed by atoms with van der Waals surface area (Å²) in [5.41, 5.74) is 0.0199. The predicted molar refractivity (Wildman–Crippen MR) is 85.9 cm³/mol. The molecule has 0 aliphatic carbocycles. The van der Waals surface area contributed by atoms with Gasteiger partial charge in [-0.05, 0) is 20.3 Å². The molecule has 0 aromatic carbocycles. The summed E-state index contributed by atoms with van der Waals surface area (Å²) < 4.78 is 7.34. The van der Waals surface area contributed by atoms with E-state index < -0.39 is 0 Å². The van der Waals surface area contributed by atoms with Gasteiger partial charge in [0.05, 0.1) is 12.5 Å². The molecule has 2 aliphatic rings. The second kappa shape index (κ2) is 6.57. The second-order valence-electron chi connectivity index (χ2n) is 7.19. The molecule has 3 rings (SSSR count). The largest absolute Gasteiger partial charge is 0.383 e. The summed E-state index contributed by atoms with van der Waals surface area (Å²) >= 11 is 0. The quantitative estimate of drug-likeness (QED) is 0.804. The minimum Gasteiger partial charge on any atom is -0.383 e. The first-order valence-electron chi connectivity index (χ1n) is 8.41. The maximum absolute atomic E-state index is 12.8. The molecule has 1 aromatic heterocycles. The third-order valence-corrected chi connectivity index (χ3v) is 5.12. The third kappa shape index (κ3) is 3.40. The minimum absolute atomic E-state index is 0.0199. The van der Waals surface area contributed by atoms with E-state index in [-0.39, 0.29) is 17.4 Å². The van der Waals surface area contributed by atoms with E-state index in [9.17, 15) is 4.79 Å². The molecule has 1 saturated heterocycles. The van der Waals surface area contributed by atoms with Crippen LogP contribution in [0.3, 0.4) is 0 Å². The van der Waals surface area contributed by atoms with Crippen LogP contribution in [0.15, 0.2) is 6.33 Å². The van der Waals surface area contributed by atoms with Gasteiger partial charge in [-0.3, -0.25) is 9.69 Å². The van der Waals surface area contributed by atoms with E-state index in [1.54, 1.807) is 13.4 Å². The van der Waals surface area contributed by atoms with Crippen LogP contribution in [-0.4, -0.2) is 75.9 Å². The van der Waals surface area contributed by atoms with Crippen LogP contribution in [0.2, 0.25) is 0 Å². The van der Waals surface area contributed by atoms with E-state index in [1.807, 2.05) is 9.47 Å². The SMILES string of the molecule is COCC(C)(C)N1CCN(C(=O)C2CCc3nncn3C2)CC1. The van der Waals surface area contributed by atoms with Crippen molar-refractivity contribution >= 4 is 5.91 Å². The Morgan fingerprint density at radius 3 is 2.78 bits per heavy atom. The lowest BCUT2D eigenvalue weighted by Crippen LogP contribution is -2.58. The molecule has 128 valence electrons. The number of ether oxygens (including phenoxy) is 1. The van der Waals surface area contributed by atoms with Gasteiger partial charge in [0.2, 0.25) is 5.91 Å². The maximum Gasteiger partial charge on any atom is 0.227 e. The number of hydrogen-bond acceptors (Lipinski definition) is 5. The molecule has 23 heavy (non-hydrogen) atoms. The molecule has 7 nitrogen and oxygen atoms in total. The van der Waals surface area contributed by atoms with Gasteiger partial charge in [-0.1, -0.05) is 0 Å². The number of amides is 1. The first-order valence-corrected chi connectivity index (χ1v) is 8.41. The summed E-state index contributed by atoms with van der Waals surface area (Å²) in [6.45, 7) is 9.25. The third-order valence-electron chi connectivity index (χ3n) is 5.12. The van der Waals surface area contributed by atoms with Crippen LogP contribution < -0.4 is 0 Å². The highest BCUT2D eigenvalue weighted by Crippen LogP contribution is 2.22. The van der Waals surface area contributed by atoms with Gasteiger partial charge in [-0.2, -0.15) is 0 Å². The van der Waals surface area contributed by atoms with E-state index in [0.29, 0.717) is 6.61 Å². The molecule has 7 heteroatoms. The van der Waals surface area contributed by atoms with Crippen molar-refractivity contribution in [2.24, 2.45) is 5.92 Å². The van der Waals surface area contributed by atoms with Gasteiger partial charge >= 0.3 is 0 Å². The van der Waals surface area contributed by atoms with Crippen molar-refractivity contribution in [1.82, 2.24) is 24.6 Å². The van der Waals surface area contributed by atoms with Crippen LogP contribution in [0.4, 0.5) is 0 Å². The summed E-state index contributed by atoms with van der Waals surface area (Å²) in [6.07, 6.45) is 3.46. The summed E-state index contributed by atoms with van der Waals surface area (Å²) in [6, 6.07) is 0. The zero-order valence-corrected chi connectivity index (χ0v) is 14.4. The molecule has 1 amide bonds. The molecular formula is C16H27N5O2. The summed E-state index contributed by atoms with van der Waals surface area (Å²) in [4.78, 5) is 17.2. The molecule has 1 unspecified atom stereocenters. The van der Waals surface area contributed by atoms with Crippen LogP contribution >= 0.6 is 0 Å². The second-order valence-corrected chi connectivity index (χ2v) is 7.19. The predicted octanol–water partition coefficient (Wildman–Crippen LogP) is 0.410. The van der Waals surface area contributed by atoms with Crippen molar-refractivity contribution in [2.45, 2.75) is 38.8 Å². The van der Waals surface area contributed by atoms with E-state index in [1.165, 1.54) is 0 Å². The molecule has 0 spiro atoms. The first kappa shape index (κ1) is 16.4. The fourth-order valence-corrected chi connectivity index (χ4v) is 3.69. The van der Waals surface area contributed by atoms with Crippen LogP contribution in [0, 0.1) is 5.92 Å². The number of aryl methyl sites for hydroxylation is 1. The Morgan fingerprint density at radius 1 is 1.35 bits per heavy atom. The lowest BCUT2D eigenvalue weighted by atomic mass is 9.97. The number of aromatic nitrogens is 3. The fourth-order valence-electron chi connectivity index (χ4n) is 3.69. The number of rotatable bonds is 4. The number of nitrogens with zero attached hydrogens (tertiary/aromatic N) is 5. The summed E-state index contributed by atoms with van der Waals surface area (Å²) in [7, 11) is 1.74. The van der Waals surface area contributed by atoms with Gasteiger partial charge in [0.15, 0.2) is 0 Å². The Balaban J connectivity index is 1.55. The lowest BCUT2D eigenvalue weighted by molar-refractivity contribution is -0.139. The van der Waals surface area contributed by atoms with E-state index in [2.05, 4.69) is 28.9 Å². The Bertz CT molecular complexity index is 548. The Labute approximate surface area is 137 Å². The molecule has 0 N–H and O–H groups in total. The highest BCUT2D eigenvalue weighted by Gasteiger charge is 2.34. The smallest absolute Gasteiger partial charge is 0.227 e. The van der Waals surface area contributed by atoms with Crippen LogP contribution in [0.25, 0.3) is 0 Å². The van der Waals surface area contributed by atoms with Gasteiger partial charge in [-0.15, -0.1) is 10.2 Å². The average Bonchev–Trinajstić information content (AvgIpc) is 3.02. The van der Waals surface area contributed by atoms with Gasteiger partial charge in [0, 0.05) is 51.8 Å². The highest BCUT2D eigenvalue weighted by atomic mass is 16.5. The number of piperazine rings is 1. The van der Waals surface area contributed by atoms with Crippen LogP contribution in [0.5, 0.6) is 0 Å². The molecule has 1 atom stereocenters. The molecule has 0 radical (unpaired) electrons. The molecule has 2 aliphatic heterocycles. The molecule has 0 saturated carbocycles.